The van der Waals surface area contributed by atoms with E-state index in [0.29, 0.717) is 24.0 Å². The van der Waals surface area contributed by atoms with Crippen LogP contribution in [0.4, 0.5) is 5.13 Å². The van der Waals surface area contributed by atoms with Crippen LogP contribution in [0, 0.1) is 0 Å². The maximum Gasteiger partial charge on any atom is 0.274 e. The van der Waals surface area contributed by atoms with E-state index in [1.165, 1.54) is 16.9 Å². The van der Waals surface area contributed by atoms with E-state index in [1.54, 1.807) is 30.6 Å². The number of carbonyl (C=O) groups is 1. The van der Waals surface area contributed by atoms with Crippen molar-refractivity contribution in [3.05, 3.63) is 95.5 Å². The van der Waals surface area contributed by atoms with Gasteiger partial charge in [-0.25, -0.2) is 4.98 Å². The number of thiazole rings is 1. The molecule has 0 fully saturated rings. The topological polar surface area (TPSA) is 69.0 Å². The van der Waals surface area contributed by atoms with Gasteiger partial charge in [-0.1, -0.05) is 30.3 Å². The van der Waals surface area contributed by atoms with Gasteiger partial charge in [0.15, 0.2) is 5.13 Å². The van der Waals surface area contributed by atoms with Crippen molar-refractivity contribution in [2.75, 3.05) is 11.9 Å². The van der Waals surface area contributed by atoms with Crippen LogP contribution >= 0.6 is 11.3 Å². The molecule has 146 valence electrons. The molecule has 3 aromatic heterocycles. The summed E-state index contributed by atoms with van der Waals surface area (Å²) in [5, 5.41) is 5.47. The van der Waals surface area contributed by atoms with Gasteiger partial charge in [-0.2, -0.15) is 0 Å². The molecule has 7 heteroatoms. The maximum atomic E-state index is 12.7. The van der Waals surface area contributed by atoms with Gasteiger partial charge in [-0.05, 0) is 29.8 Å². The third-order valence-electron chi connectivity index (χ3n) is 4.31. The van der Waals surface area contributed by atoms with E-state index in [0.717, 1.165) is 17.9 Å². The molecule has 1 N–H and O–H groups in total. The van der Waals surface area contributed by atoms with Crippen LogP contribution in [0.15, 0.2) is 78.6 Å². The third-order valence-corrected chi connectivity index (χ3v) is 5.12. The van der Waals surface area contributed by atoms with E-state index < -0.39 is 0 Å². The highest BCUT2D eigenvalue weighted by molar-refractivity contribution is 7.14. The lowest BCUT2D eigenvalue weighted by molar-refractivity contribution is 0.101. The molecule has 0 saturated heterocycles. The second kappa shape index (κ2) is 9.16. The summed E-state index contributed by atoms with van der Waals surface area (Å²) in [4.78, 5) is 21.2. The lowest BCUT2D eigenvalue weighted by Gasteiger charge is -2.10. The fourth-order valence-corrected chi connectivity index (χ4v) is 3.63. The molecule has 4 aromatic rings. The molecular weight excluding hydrogens is 384 g/mol. The van der Waals surface area contributed by atoms with Crippen molar-refractivity contribution >= 4 is 22.4 Å². The predicted molar refractivity (Wildman–Crippen MR) is 113 cm³/mol. The first-order valence-corrected chi connectivity index (χ1v) is 10.1. The minimum Gasteiger partial charge on any atom is -0.492 e. The van der Waals surface area contributed by atoms with E-state index in [4.69, 9.17) is 4.74 Å². The van der Waals surface area contributed by atoms with Crippen molar-refractivity contribution in [3.8, 4) is 5.75 Å². The normalized spacial score (nSPS) is 10.6. The van der Waals surface area contributed by atoms with Gasteiger partial charge in [0.05, 0.1) is 12.2 Å². The molecule has 1 aromatic carbocycles. The van der Waals surface area contributed by atoms with Crippen molar-refractivity contribution in [2.45, 2.75) is 13.0 Å². The van der Waals surface area contributed by atoms with Gasteiger partial charge < -0.3 is 9.30 Å². The van der Waals surface area contributed by atoms with Crippen LogP contribution in [-0.2, 0) is 13.0 Å². The number of hydrogen-bond donors (Lipinski definition) is 1. The molecule has 0 radical (unpaired) electrons. The lowest BCUT2D eigenvalue weighted by atomic mass is 10.1. The zero-order chi connectivity index (χ0) is 19.9. The summed E-state index contributed by atoms with van der Waals surface area (Å²) >= 11 is 1.43. The number of nitrogens with one attached hydrogen (secondary N) is 1. The molecule has 0 saturated carbocycles. The average molecular weight is 404 g/mol. The van der Waals surface area contributed by atoms with Gasteiger partial charge in [0, 0.05) is 30.4 Å². The quantitative estimate of drug-likeness (QED) is 0.476. The highest BCUT2D eigenvalue weighted by Crippen LogP contribution is 2.19. The number of nitrogens with zero attached hydrogens (tertiary/aromatic N) is 3. The maximum absolute atomic E-state index is 12.7. The molecule has 0 aliphatic rings. The van der Waals surface area contributed by atoms with Gasteiger partial charge in [0.2, 0.25) is 0 Å². The number of hydrogen-bond acceptors (Lipinski definition) is 5. The Balaban J connectivity index is 1.34. The summed E-state index contributed by atoms with van der Waals surface area (Å²) in [6.45, 7) is 1.02. The predicted octanol–water partition coefficient (Wildman–Crippen LogP) is 4.26. The Labute approximate surface area is 172 Å². The molecular formula is C22H20N4O2S. The van der Waals surface area contributed by atoms with E-state index in [1.807, 2.05) is 40.4 Å². The third kappa shape index (κ3) is 5.08. The average Bonchev–Trinajstić information content (AvgIpc) is 3.39. The zero-order valence-electron chi connectivity index (χ0n) is 15.7. The SMILES string of the molecule is O=C(Nc1nc(Cc2ccccc2)cs1)c1cccn1CCOc1ccncc1. The molecule has 0 aliphatic heterocycles. The van der Waals surface area contributed by atoms with Crippen molar-refractivity contribution in [1.82, 2.24) is 14.5 Å². The Morgan fingerprint density at radius 2 is 1.90 bits per heavy atom. The van der Waals surface area contributed by atoms with Crippen molar-refractivity contribution in [1.29, 1.82) is 0 Å². The van der Waals surface area contributed by atoms with Crippen molar-refractivity contribution in [3.63, 3.8) is 0 Å². The number of aromatic nitrogens is 3. The number of carbonyl (C=O) groups excluding carboxylic acids is 1. The number of benzene rings is 1. The van der Waals surface area contributed by atoms with Crippen LogP contribution in [0.3, 0.4) is 0 Å². The summed E-state index contributed by atoms with van der Waals surface area (Å²) in [5.41, 5.74) is 2.71. The highest BCUT2D eigenvalue weighted by Gasteiger charge is 2.13. The number of anilines is 1. The summed E-state index contributed by atoms with van der Waals surface area (Å²) in [6, 6.07) is 17.4. The molecule has 6 nitrogen and oxygen atoms in total. The first kappa shape index (κ1) is 18.9. The lowest BCUT2D eigenvalue weighted by Crippen LogP contribution is -2.18. The van der Waals surface area contributed by atoms with Crippen LogP contribution in [0.25, 0.3) is 0 Å². The second-order valence-corrected chi connectivity index (χ2v) is 7.24. The standard InChI is InChI=1S/C22H20N4O2S/c27-21(25-22-24-18(16-29-22)15-17-5-2-1-3-6-17)20-7-4-12-26(20)13-14-28-19-8-10-23-11-9-19/h1-12,16H,13-15H2,(H,24,25,27). The van der Waals surface area contributed by atoms with Gasteiger partial charge in [-0.3, -0.25) is 15.1 Å². The second-order valence-electron chi connectivity index (χ2n) is 6.38. The number of amides is 1. The van der Waals surface area contributed by atoms with Crippen LogP contribution in [0.2, 0.25) is 0 Å². The molecule has 0 atom stereocenters. The van der Waals surface area contributed by atoms with Gasteiger partial charge in [-0.15, -0.1) is 11.3 Å². The fourth-order valence-electron chi connectivity index (χ4n) is 2.92. The zero-order valence-corrected chi connectivity index (χ0v) is 16.5. The van der Waals surface area contributed by atoms with E-state index >= 15 is 0 Å². The summed E-state index contributed by atoms with van der Waals surface area (Å²) in [6.07, 6.45) is 5.98. The number of ether oxygens (including phenoxy) is 1. The Morgan fingerprint density at radius 1 is 1.07 bits per heavy atom. The molecule has 4 rings (SSSR count). The van der Waals surface area contributed by atoms with Gasteiger partial charge in [0.1, 0.15) is 18.1 Å². The van der Waals surface area contributed by atoms with Crippen LogP contribution < -0.4 is 10.1 Å². The van der Waals surface area contributed by atoms with E-state index in [9.17, 15) is 4.79 Å². The molecule has 0 spiro atoms. The molecule has 0 unspecified atom stereocenters. The first-order chi connectivity index (χ1) is 14.3. The van der Waals surface area contributed by atoms with Gasteiger partial charge in [0.25, 0.3) is 5.91 Å². The Morgan fingerprint density at radius 3 is 2.72 bits per heavy atom. The molecule has 0 bridgehead atoms. The molecule has 29 heavy (non-hydrogen) atoms. The van der Waals surface area contributed by atoms with Gasteiger partial charge >= 0.3 is 0 Å². The van der Waals surface area contributed by atoms with Crippen LogP contribution in [0.1, 0.15) is 21.7 Å². The van der Waals surface area contributed by atoms with Crippen LogP contribution in [0.5, 0.6) is 5.75 Å². The minimum absolute atomic E-state index is 0.181. The van der Waals surface area contributed by atoms with Crippen molar-refractivity contribution in [2.24, 2.45) is 0 Å². The first-order valence-electron chi connectivity index (χ1n) is 9.25. The monoisotopic (exact) mass is 404 g/mol. The smallest absolute Gasteiger partial charge is 0.274 e. The van der Waals surface area contributed by atoms with Crippen LogP contribution in [-0.4, -0.2) is 27.0 Å². The van der Waals surface area contributed by atoms with Crippen molar-refractivity contribution < 1.29 is 9.53 Å². The largest absolute Gasteiger partial charge is 0.492 e. The Hall–Kier alpha value is -3.45. The Bertz CT molecular complexity index is 1060. The highest BCUT2D eigenvalue weighted by atomic mass is 32.1. The number of rotatable bonds is 8. The fraction of sp³-hybridized carbons (Fsp3) is 0.136. The summed E-state index contributed by atoms with van der Waals surface area (Å²) in [7, 11) is 0. The minimum atomic E-state index is -0.181. The number of pyridine rings is 1. The van der Waals surface area contributed by atoms with E-state index in [-0.39, 0.29) is 5.91 Å². The molecule has 1 amide bonds. The molecule has 0 aliphatic carbocycles. The summed E-state index contributed by atoms with van der Waals surface area (Å²) < 4.78 is 7.56. The molecule has 3 heterocycles. The van der Waals surface area contributed by atoms with E-state index in [2.05, 4.69) is 27.4 Å². The summed E-state index contributed by atoms with van der Waals surface area (Å²) in [5.74, 6) is 0.575. The Kier molecular flexibility index (Phi) is 5.97.